The highest BCUT2D eigenvalue weighted by Gasteiger charge is 2.22. The Hall–Kier alpha value is -2.21. The van der Waals surface area contributed by atoms with E-state index >= 15 is 0 Å². The van der Waals surface area contributed by atoms with Crippen LogP contribution in [0.15, 0.2) is 30.3 Å². The van der Waals surface area contributed by atoms with Crippen molar-refractivity contribution in [2.24, 2.45) is 0 Å². The summed E-state index contributed by atoms with van der Waals surface area (Å²) in [6.07, 6.45) is 2.46. The zero-order valence-corrected chi connectivity index (χ0v) is 14.5. The van der Waals surface area contributed by atoms with E-state index in [2.05, 4.69) is 10.00 Å². The molecule has 1 aliphatic rings. The lowest BCUT2D eigenvalue weighted by atomic mass is 9.94. The molecule has 1 fully saturated rings. The minimum Gasteiger partial charge on any atom is -0.481 e. The number of carbonyl (C=O) groups is 1. The predicted octanol–water partition coefficient (Wildman–Crippen LogP) is 3.30. The quantitative estimate of drug-likeness (QED) is 0.836. The van der Waals surface area contributed by atoms with Crippen LogP contribution in [0.4, 0.5) is 4.39 Å². The third-order valence-corrected chi connectivity index (χ3v) is 4.76. The Labute approximate surface area is 147 Å². The number of hydrogen-bond donors (Lipinski definition) is 1. The first-order valence-corrected chi connectivity index (χ1v) is 8.73. The van der Waals surface area contributed by atoms with E-state index in [-0.39, 0.29) is 12.3 Å². The van der Waals surface area contributed by atoms with E-state index in [1.165, 1.54) is 12.8 Å². The molecule has 1 aromatic heterocycles. The first-order valence-electron chi connectivity index (χ1n) is 8.73. The number of aryl methyl sites for hydroxylation is 1. The van der Waals surface area contributed by atoms with Crippen molar-refractivity contribution in [2.75, 3.05) is 19.6 Å². The lowest BCUT2D eigenvalue weighted by Crippen LogP contribution is -2.27. The van der Waals surface area contributed by atoms with E-state index in [1.807, 2.05) is 31.2 Å². The number of carboxylic acid groups (broad SMARTS) is 1. The molecule has 0 spiro atoms. The van der Waals surface area contributed by atoms with Gasteiger partial charge in [-0.3, -0.25) is 4.79 Å². The molecule has 1 atom stereocenters. The van der Waals surface area contributed by atoms with Gasteiger partial charge in [0.25, 0.3) is 0 Å². The summed E-state index contributed by atoms with van der Waals surface area (Å²) in [4.78, 5) is 13.7. The van der Waals surface area contributed by atoms with Crippen LogP contribution in [0.5, 0.6) is 0 Å². The number of alkyl halides is 1. The van der Waals surface area contributed by atoms with Crippen LogP contribution in [0.3, 0.4) is 0 Å². The molecule has 1 saturated heterocycles. The summed E-state index contributed by atoms with van der Waals surface area (Å²) in [7, 11) is 0. The van der Waals surface area contributed by atoms with Gasteiger partial charge in [0.1, 0.15) is 6.67 Å². The monoisotopic (exact) mass is 345 g/mol. The fourth-order valence-electron chi connectivity index (χ4n) is 3.55. The van der Waals surface area contributed by atoms with Crippen LogP contribution in [0.25, 0.3) is 5.69 Å². The fourth-order valence-corrected chi connectivity index (χ4v) is 3.55. The number of aliphatic carboxylic acids is 1. The number of likely N-dealkylation sites (tertiary alicyclic amines) is 1. The number of rotatable bonds is 7. The molecule has 0 aliphatic carbocycles. The highest BCUT2D eigenvalue weighted by atomic mass is 19.1. The Morgan fingerprint density at radius 1 is 1.32 bits per heavy atom. The molecule has 2 aromatic rings. The van der Waals surface area contributed by atoms with Crippen molar-refractivity contribution in [3.8, 4) is 5.69 Å². The molecule has 0 radical (unpaired) electrons. The van der Waals surface area contributed by atoms with Crippen molar-refractivity contribution in [2.45, 2.75) is 38.8 Å². The Balaban J connectivity index is 1.88. The molecule has 1 unspecified atom stereocenters. The molecule has 3 rings (SSSR count). The molecular weight excluding hydrogens is 321 g/mol. The summed E-state index contributed by atoms with van der Waals surface area (Å²) in [6.45, 7) is 4.12. The van der Waals surface area contributed by atoms with Crippen molar-refractivity contribution in [1.82, 2.24) is 14.7 Å². The van der Waals surface area contributed by atoms with Gasteiger partial charge in [-0.05, 0) is 56.6 Å². The zero-order valence-electron chi connectivity index (χ0n) is 14.5. The molecule has 5 nitrogen and oxygen atoms in total. The number of halogens is 1. The first-order chi connectivity index (χ1) is 12.1. The Kier molecular flexibility index (Phi) is 5.48. The average molecular weight is 345 g/mol. The molecule has 1 N–H and O–H groups in total. The maximum Gasteiger partial charge on any atom is 0.304 e. The van der Waals surface area contributed by atoms with Crippen molar-refractivity contribution in [3.05, 3.63) is 47.3 Å². The summed E-state index contributed by atoms with van der Waals surface area (Å²) in [5.74, 6) is -0.850. The smallest absolute Gasteiger partial charge is 0.304 e. The van der Waals surface area contributed by atoms with Crippen LogP contribution < -0.4 is 0 Å². The largest absolute Gasteiger partial charge is 0.481 e. The Morgan fingerprint density at radius 3 is 2.72 bits per heavy atom. The predicted molar refractivity (Wildman–Crippen MR) is 93.8 cm³/mol. The molecule has 2 heterocycles. The van der Waals surface area contributed by atoms with Gasteiger partial charge in [-0.2, -0.15) is 5.10 Å². The second-order valence-corrected chi connectivity index (χ2v) is 6.72. The number of nitrogens with zero attached hydrogens (tertiary/aromatic N) is 3. The van der Waals surface area contributed by atoms with Crippen molar-refractivity contribution in [1.29, 1.82) is 0 Å². The zero-order chi connectivity index (χ0) is 17.8. The summed E-state index contributed by atoms with van der Waals surface area (Å²) in [5, 5.41) is 13.6. The van der Waals surface area contributed by atoms with Crippen molar-refractivity contribution >= 4 is 5.97 Å². The molecule has 6 heteroatoms. The van der Waals surface area contributed by atoms with Crippen LogP contribution in [0.1, 0.15) is 42.1 Å². The number of hydrogen-bond acceptors (Lipinski definition) is 3. The molecular formula is C19H24FN3O2. The fraction of sp³-hybridized carbons (Fsp3) is 0.474. The molecule has 25 heavy (non-hydrogen) atoms. The van der Waals surface area contributed by atoms with Gasteiger partial charge in [0.15, 0.2) is 0 Å². The third-order valence-electron chi connectivity index (χ3n) is 4.76. The highest BCUT2D eigenvalue weighted by molar-refractivity contribution is 5.68. The van der Waals surface area contributed by atoms with Gasteiger partial charge < -0.3 is 10.0 Å². The van der Waals surface area contributed by atoms with Crippen LogP contribution >= 0.6 is 0 Å². The molecule has 0 bridgehead atoms. The molecule has 1 aliphatic heterocycles. The lowest BCUT2D eigenvalue weighted by Gasteiger charge is -2.23. The Bertz CT molecular complexity index is 738. The van der Waals surface area contributed by atoms with Gasteiger partial charge in [0, 0.05) is 18.2 Å². The summed E-state index contributed by atoms with van der Waals surface area (Å²) >= 11 is 0. The van der Waals surface area contributed by atoms with E-state index in [0.29, 0.717) is 5.69 Å². The van der Waals surface area contributed by atoms with Crippen LogP contribution in [-0.4, -0.2) is 45.4 Å². The lowest BCUT2D eigenvalue weighted by molar-refractivity contribution is -0.137. The van der Waals surface area contributed by atoms with E-state index < -0.39 is 12.6 Å². The van der Waals surface area contributed by atoms with Crippen LogP contribution in [-0.2, 0) is 11.5 Å². The summed E-state index contributed by atoms with van der Waals surface area (Å²) < 4.78 is 14.6. The van der Waals surface area contributed by atoms with Gasteiger partial charge in [-0.1, -0.05) is 12.1 Å². The van der Waals surface area contributed by atoms with Gasteiger partial charge in [0.05, 0.1) is 17.8 Å². The number of aromatic nitrogens is 2. The van der Waals surface area contributed by atoms with Gasteiger partial charge in [0.2, 0.25) is 0 Å². The molecule has 134 valence electrons. The van der Waals surface area contributed by atoms with E-state index in [9.17, 15) is 14.3 Å². The topological polar surface area (TPSA) is 58.4 Å². The van der Waals surface area contributed by atoms with E-state index in [4.69, 9.17) is 0 Å². The normalized spacial score (nSPS) is 16.2. The second kappa shape index (κ2) is 7.78. The Morgan fingerprint density at radius 2 is 2.08 bits per heavy atom. The second-order valence-electron chi connectivity index (χ2n) is 6.72. The summed E-state index contributed by atoms with van der Waals surface area (Å²) in [5.41, 5.74) is 3.09. The van der Waals surface area contributed by atoms with Gasteiger partial charge in [-0.15, -0.1) is 0 Å². The SMILES string of the molecule is Cc1cc(CF)nn1-c1cccc(C(CC(=O)O)CN2CCCC2)c1. The number of carboxylic acids is 1. The molecule has 0 saturated carbocycles. The maximum atomic E-state index is 12.9. The van der Waals surface area contributed by atoms with Crippen LogP contribution in [0, 0.1) is 6.92 Å². The molecule has 0 amide bonds. The standard InChI is InChI=1S/C19H24FN3O2/c1-14-9-17(12-20)21-23(14)18-6-4-5-15(10-18)16(11-19(24)25)13-22-7-2-3-8-22/h4-6,9-10,16H,2-3,7-8,11-13H2,1H3,(H,24,25). The minimum absolute atomic E-state index is 0.0629. The first kappa shape index (κ1) is 17.6. The van der Waals surface area contributed by atoms with Gasteiger partial charge in [-0.25, -0.2) is 9.07 Å². The average Bonchev–Trinajstić information content (AvgIpc) is 3.23. The maximum absolute atomic E-state index is 12.9. The molecule has 1 aromatic carbocycles. The van der Waals surface area contributed by atoms with Crippen LogP contribution in [0.2, 0.25) is 0 Å². The van der Waals surface area contributed by atoms with Crippen molar-refractivity contribution < 1.29 is 14.3 Å². The number of benzene rings is 1. The third kappa shape index (κ3) is 4.25. The summed E-state index contributed by atoms with van der Waals surface area (Å²) in [6, 6.07) is 9.51. The van der Waals surface area contributed by atoms with Crippen molar-refractivity contribution in [3.63, 3.8) is 0 Å². The van der Waals surface area contributed by atoms with E-state index in [0.717, 1.165) is 36.6 Å². The highest BCUT2D eigenvalue weighted by Crippen LogP contribution is 2.25. The van der Waals surface area contributed by atoms with Gasteiger partial charge >= 0.3 is 5.97 Å². The minimum atomic E-state index is -0.787. The van der Waals surface area contributed by atoms with E-state index in [1.54, 1.807) is 10.7 Å².